The Morgan fingerprint density at radius 3 is 2.75 bits per heavy atom. The van der Waals surface area contributed by atoms with Gasteiger partial charge in [0.15, 0.2) is 0 Å². The van der Waals surface area contributed by atoms with Gasteiger partial charge < -0.3 is 15.1 Å². The van der Waals surface area contributed by atoms with Crippen LogP contribution in [0.4, 0.5) is 5.69 Å². The fourth-order valence-electron chi connectivity index (χ4n) is 3.68. The molecule has 0 radical (unpaired) electrons. The second kappa shape index (κ2) is 9.30. The number of carbonyl (C=O) groups excluding carboxylic acids is 1. The molecule has 1 fully saturated rings. The zero-order valence-corrected chi connectivity index (χ0v) is 16.8. The summed E-state index contributed by atoms with van der Waals surface area (Å²) in [6, 6.07) is 7.77. The van der Waals surface area contributed by atoms with E-state index in [9.17, 15) is 14.7 Å². The lowest BCUT2D eigenvalue weighted by Gasteiger charge is -2.36. The van der Waals surface area contributed by atoms with Crippen molar-refractivity contribution in [3.63, 3.8) is 0 Å². The average molecular weight is 403 g/mol. The summed E-state index contributed by atoms with van der Waals surface area (Å²) in [5.41, 5.74) is 1.74. The predicted octanol–water partition coefficient (Wildman–Crippen LogP) is 4.19. The highest BCUT2D eigenvalue weighted by molar-refractivity contribution is 7.13. The van der Waals surface area contributed by atoms with Crippen molar-refractivity contribution < 1.29 is 19.8 Å². The minimum Gasteiger partial charge on any atom is -0.477 e. The van der Waals surface area contributed by atoms with Crippen molar-refractivity contribution in [2.75, 3.05) is 4.90 Å². The summed E-state index contributed by atoms with van der Waals surface area (Å²) >= 11 is 1.22. The van der Waals surface area contributed by atoms with Crippen LogP contribution < -0.4 is 4.90 Å². The number of thiazole rings is 1. The van der Waals surface area contributed by atoms with Crippen molar-refractivity contribution >= 4 is 28.9 Å². The van der Waals surface area contributed by atoms with Crippen LogP contribution in [0.1, 0.15) is 71.8 Å². The van der Waals surface area contributed by atoms with Crippen LogP contribution in [0.5, 0.6) is 0 Å². The molecule has 1 amide bonds. The number of aromatic carboxylic acids is 1. The first-order valence-corrected chi connectivity index (χ1v) is 10.6. The van der Waals surface area contributed by atoms with E-state index in [1.807, 2.05) is 36.1 Å². The highest BCUT2D eigenvalue weighted by atomic mass is 32.1. The van der Waals surface area contributed by atoms with Crippen molar-refractivity contribution in [3.05, 3.63) is 45.9 Å². The number of carbonyl (C=O) groups is 2. The number of hydrogen-bond acceptors (Lipinski definition) is 5. The Balaban J connectivity index is 1.64. The number of carboxylic acid groups (broad SMARTS) is 1. The Labute approximate surface area is 168 Å². The molecule has 2 aromatic rings. The fraction of sp³-hybridized carbons (Fsp3) is 0.476. The Morgan fingerprint density at radius 1 is 1.36 bits per heavy atom. The van der Waals surface area contributed by atoms with Crippen molar-refractivity contribution in [2.24, 2.45) is 0 Å². The molecule has 3 rings (SSSR count). The van der Waals surface area contributed by atoms with Gasteiger partial charge in [-0.25, -0.2) is 9.78 Å². The SMILES string of the molecule is CCC(O)c1ccc(N2C(=O)CCCC2CCCc2ncc(C(=O)O)s2)cc1. The molecule has 2 unspecified atom stereocenters. The molecule has 1 saturated heterocycles. The summed E-state index contributed by atoms with van der Waals surface area (Å²) in [5.74, 6) is -0.799. The van der Waals surface area contributed by atoms with Gasteiger partial charge >= 0.3 is 5.97 Å². The Kier molecular flexibility index (Phi) is 6.80. The normalized spacial score (nSPS) is 18.3. The van der Waals surface area contributed by atoms with E-state index in [1.54, 1.807) is 0 Å². The van der Waals surface area contributed by atoms with Crippen LogP contribution in [0.2, 0.25) is 0 Å². The Morgan fingerprint density at radius 2 is 2.11 bits per heavy atom. The zero-order chi connectivity index (χ0) is 20.1. The van der Waals surface area contributed by atoms with Gasteiger partial charge in [-0.2, -0.15) is 0 Å². The summed E-state index contributed by atoms with van der Waals surface area (Å²) < 4.78 is 0. The third-order valence-electron chi connectivity index (χ3n) is 5.20. The van der Waals surface area contributed by atoms with Crippen LogP contribution in [-0.4, -0.2) is 33.1 Å². The summed E-state index contributed by atoms with van der Waals surface area (Å²) in [6.07, 6.45) is 6.44. The Hall–Kier alpha value is -2.25. The van der Waals surface area contributed by atoms with E-state index >= 15 is 0 Å². The number of carboxylic acids is 1. The van der Waals surface area contributed by atoms with E-state index < -0.39 is 12.1 Å². The fourth-order valence-corrected chi connectivity index (χ4v) is 4.48. The molecule has 2 heterocycles. The topological polar surface area (TPSA) is 90.7 Å². The van der Waals surface area contributed by atoms with E-state index in [4.69, 9.17) is 5.11 Å². The second-order valence-electron chi connectivity index (χ2n) is 7.14. The third-order valence-corrected chi connectivity index (χ3v) is 6.24. The number of benzene rings is 1. The van der Waals surface area contributed by atoms with Crippen LogP contribution in [0.25, 0.3) is 0 Å². The number of aliphatic hydroxyl groups excluding tert-OH is 1. The lowest BCUT2D eigenvalue weighted by Crippen LogP contribution is -2.43. The van der Waals surface area contributed by atoms with E-state index in [0.29, 0.717) is 12.8 Å². The molecule has 7 heteroatoms. The molecule has 1 aliphatic heterocycles. The maximum atomic E-state index is 12.6. The third kappa shape index (κ3) is 4.77. The highest BCUT2D eigenvalue weighted by Gasteiger charge is 2.29. The van der Waals surface area contributed by atoms with Gasteiger partial charge in [0.05, 0.1) is 17.3 Å². The average Bonchev–Trinajstić information content (AvgIpc) is 3.17. The molecule has 0 aliphatic carbocycles. The van der Waals surface area contributed by atoms with Crippen LogP contribution in [-0.2, 0) is 11.2 Å². The first-order chi connectivity index (χ1) is 13.5. The van der Waals surface area contributed by atoms with Gasteiger partial charge in [-0.05, 0) is 56.2 Å². The van der Waals surface area contributed by atoms with Gasteiger partial charge in [0.25, 0.3) is 0 Å². The number of rotatable bonds is 8. The monoisotopic (exact) mass is 402 g/mol. The van der Waals surface area contributed by atoms with Crippen molar-refractivity contribution in [1.82, 2.24) is 4.98 Å². The van der Waals surface area contributed by atoms with Gasteiger partial charge in [-0.3, -0.25) is 4.79 Å². The summed E-state index contributed by atoms with van der Waals surface area (Å²) in [5, 5.41) is 19.8. The maximum absolute atomic E-state index is 12.6. The number of piperidine rings is 1. The van der Waals surface area contributed by atoms with Gasteiger partial charge in [-0.1, -0.05) is 19.1 Å². The molecule has 150 valence electrons. The quantitative estimate of drug-likeness (QED) is 0.691. The van der Waals surface area contributed by atoms with E-state index in [-0.39, 0.29) is 16.8 Å². The zero-order valence-electron chi connectivity index (χ0n) is 16.0. The van der Waals surface area contributed by atoms with Gasteiger partial charge in [0, 0.05) is 18.2 Å². The molecular weight excluding hydrogens is 376 g/mol. The maximum Gasteiger partial charge on any atom is 0.347 e. The molecule has 0 bridgehead atoms. The first-order valence-electron chi connectivity index (χ1n) is 9.77. The molecule has 1 aromatic heterocycles. The number of aliphatic hydroxyl groups is 1. The number of aromatic nitrogens is 1. The smallest absolute Gasteiger partial charge is 0.347 e. The van der Waals surface area contributed by atoms with Crippen LogP contribution in [0, 0.1) is 0 Å². The number of aryl methyl sites for hydroxylation is 1. The number of amides is 1. The largest absolute Gasteiger partial charge is 0.477 e. The number of anilines is 1. The van der Waals surface area contributed by atoms with Crippen molar-refractivity contribution in [2.45, 2.75) is 64.0 Å². The van der Waals surface area contributed by atoms with Crippen LogP contribution >= 0.6 is 11.3 Å². The first kappa shape index (κ1) is 20.5. The van der Waals surface area contributed by atoms with E-state index in [0.717, 1.165) is 48.4 Å². The number of nitrogens with zero attached hydrogens (tertiary/aromatic N) is 2. The van der Waals surface area contributed by atoms with Gasteiger partial charge in [0.1, 0.15) is 4.88 Å². The molecule has 0 spiro atoms. The predicted molar refractivity (Wildman–Crippen MR) is 109 cm³/mol. The molecule has 1 aliphatic rings. The molecule has 1 aromatic carbocycles. The molecule has 2 atom stereocenters. The summed E-state index contributed by atoms with van der Waals surface area (Å²) in [4.78, 5) is 29.9. The minimum atomic E-state index is -0.940. The number of hydrogen-bond donors (Lipinski definition) is 2. The van der Waals surface area contributed by atoms with Gasteiger partial charge in [0.2, 0.25) is 5.91 Å². The van der Waals surface area contributed by atoms with Crippen LogP contribution in [0.3, 0.4) is 0 Å². The van der Waals surface area contributed by atoms with Crippen molar-refractivity contribution in [1.29, 1.82) is 0 Å². The highest BCUT2D eigenvalue weighted by Crippen LogP contribution is 2.30. The molecule has 28 heavy (non-hydrogen) atoms. The molecular formula is C21H26N2O4S. The minimum absolute atomic E-state index is 0.141. The molecule has 6 nitrogen and oxygen atoms in total. The van der Waals surface area contributed by atoms with E-state index in [1.165, 1.54) is 17.5 Å². The van der Waals surface area contributed by atoms with Crippen molar-refractivity contribution in [3.8, 4) is 0 Å². The second-order valence-corrected chi connectivity index (χ2v) is 8.26. The van der Waals surface area contributed by atoms with Crippen LogP contribution in [0.15, 0.2) is 30.5 Å². The summed E-state index contributed by atoms with van der Waals surface area (Å²) in [7, 11) is 0. The lowest BCUT2D eigenvalue weighted by molar-refractivity contribution is -0.120. The molecule has 2 N–H and O–H groups in total. The van der Waals surface area contributed by atoms with E-state index in [2.05, 4.69) is 4.98 Å². The lowest BCUT2D eigenvalue weighted by atomic mass is 9.95. The standard InChI is InChI=1S/C21H26N2O4S/c1-2-17(24)14-9-11-16(12-10-14)23-15(6-4-8-20(23)25)5-3-7-19-22-13-18(28-19)21(26)27/h9-13,15,17,24H,2-8H2,1H3,(H,26,27). The van der Waals surface area contributed by atoms with Gasteiger partial charge in [-0.15, -0.1) is 11.3 Å². The Bertz CT molecular complexity index is 818. The summed E-state index contributed by atoms with van der Waals surface area (Å²) in [6.45, 7) is 1.94. The molecule has 0 saturated carbocycles.